The Morgan fingerprint density at radius 3 is 2.55 bits per heavy atom. The Labute approximate surface area is 119 Å². The molecule has 0 saturated heterocycles. The van der Waals surface area contributed by atoms with Crippen molar-refractivity contribution in [2.24, 2.45) is 0 Å². The molecule has 7 heteroatoms. The summed E-state index contributed by atoms with van der Waals surface area (Å²) in [4.78, 5) is -0.0567. The molecule has 20 heavy (non-hydrogen) atoms. The molecule has 0 aliphatic heterocycles. The number of rotatable bonds is 7. The molecule has 0 fully saturated rings. The minimum atomic E-state index is -3.79. The summed E-state index contributed by atoms with van der Waals surface area (Å²) in [6.07, 6.45) is 0. The first kappa shape index (κ1) is 17.0. The standard InChI is InChI=1S/C13H21FN2O3S/c1-13(2,19-4)9-16-20(17,18)12-7-11(14)6-5-10(12)8-15-3/h5-7,15-16H,8-9H2,1-4H3. The van der Waals surface area contributed by atoms with E-state index < -0.39 is 21.4 Å². The maximum atomic E-state index is 13.3. The number of methoxy groups -OCH3 is 1. The van der Waals surface area contributed by atoms with Crippen LogP contribution in [-0.2, 0) is 21.3 Å². The first-order valence-corrected chi connectivity index (χ1v) is 7.68. The molecule has 1 aromatic carbocycles. The molecule has 2 N–H and O–H groups in total. The van der Waals surface area contributed by atoms with Crippen LogP contribution >= 0.6 is 0 Å². The van der Waals surface area contributed by atoms with Crippen molar-refractivity contribution in [3.05, 3.63) is 29.6 Å². The highest BCUT2D eigenvalue weighted by Gasteiger charge is 2.24. The lowest BCUT2D eigenvalue weighted by molar-refractivity contribution is 0.0276. The fourth-order valence-electron chi connectivity index (χ4n) is 1.53. The highest BCUT2D eigenvalue weighted by Crippen LogP contribution is 2.18. The molecule has 0 saturated carbocycles. The molecule has 0 atom stereocenters. The van der Waals surface area contributed by atoms with Gasteiger partial charge >= 0.3 is 0 Å². The van der Waals surface area contributed by atoms with Crippen LogP contribution in [0.15, 0.2) is 23.1 Å². The van der Waals surface area contributed by atoms with Crippen molar-refractivity contribution in [1.29, 1.82) is 0 Å². The van der Waals surface area contributed by atoms with Crippen LogP contribution in [0.2, 0.25) is 0 Å². The highest BCUT2D eigenvalue weighted by atomic mass is 32.2. The number of nitrogens with one attached hydrogen (secondary N) is 2. The van der Waals surface area contributed by atoms with E-state index in [0.717, 1.165) is 6.07 Å². The van der Waals surface area contributed by atoms with E-state index in [2.05, 4.69) is 10.0 Å². The van der Waals surface area contributed by atoms with Crippen molar-refractivity contribution < 1.29 is 17.5 Å². The van der Waals surface area contributed by atoms with Crippen LogP contribution in [0.1, 0.15) is 19.4 Å². The zero-order chi connectivity index (χ0) is 15.4. The Kier molecular flexibility index (Phi) is 5.64. The number of benzene rings is 1. The molecule has 0 bridgehead atoms. The fraction of sp³-hybridized carbons (Fsp3) is 0.538. The first-order valence-electron chi connectivity index (χ1n) is 6.20. The first-order chi connectivity index (χ1) is 9.22. The van der Waals surface area contributed by atoms with Crippen molar-refractivity contribution in [2.45, 2.75) is 30.9 Å². The summed E-state index contributed by atoms with van der Waals surface area (Å²) in [5.74, 6) is -0.587. The lowest BCUT2D eigenvalue weighted by Gasteiger charge is -2.23. The predicted molar refractivity (Wildman–Crippen MR) is 75.4 cm³/mol. The molecular formula is C13H21FN2O3S. The van der Waals surface area contributed by atoms with Crippen LogP contribution in [0.25, 0.3) is 0 Å². The molecule has 1 rings (SSSR count). The molecule has 0 spiro atoms. The topological polar surface area (TPSA) is 67.4 Å². The van der Waals surface area contributed by atoms with Crippen molar-refractivity contribution in [2.75, 3.05) is 20.7 Å². The van der Waals surface area contributed by atoms with Gasteiger partial charge in [0.2, 0.25) is 10.0 Å². The summed E-state index contributed by atoms with van der Waals surface area (Å²) in [5.41, 5.74) is -0.125. The second kappa shape index (κ2) is 6.62. The number of halogens is 1. The minimum Gasteiger partial charge on any atom is -0.377 e. The molecule has 0 amide bonds. The van der Waals surface area contributed by atoms with Gasteiger partial charge in [0.15, 0.2) is 0 Å². The molecule has 0 heterocycles. The zero-order valence-electron chi connectivity index (χ0n) is 12.2. The number of sulfonamides is 1. The molecule has 114 valence electrons. The van der Waals surface area contributed by atoms with Gasteiger partial charge in [0, 0.05) is 20.2 Å². The second-order valence-electron chi connectivity index (χ2n) is 5.07. The van der Waals surface area contributed by atoms with Gasteiger partial charge in [-0.1, -0.05) is 6.07 Å². The maximum Gasteiger partial charge on any atom is 0.241 e. The fourth-order valence-corrected chi connectivity index (χ4v) is 2.98. The molecule has 0 aliphatic rings. The largest absolute Gasteiger partial charge is 0.377 e. The summed E-state index contributed by atoms with van der Waals surface area (Å²) < 4.78 is 45.5. The van der Waals surface area contributed by atoms with E-state index in [-0.39, 0.29) is 11.4 Å². The van der Waals surface area contributed by atoms with Crippen molar-refractivity contribution >= 4 is 10.0 Å². The van der Waals surface area contributed by atoms with Crippen LogP contribution in [0, 0.1) is 5.82 Å². The van der Waals surface area contributed by atoms with Crippen molar-refractivity contribution in [3.63, 3.8) is 0 Å². The Morgan fingerprint density at radius 1 is 1.35 bits per heavy atom. The highest BCUT2D eigenvalue weighted by molar-refractivity contribution is 7.89. The second-order valence-corrected chi connectivity index (χ2v) is 6.81. The molecular weight excluding hydrogens is 283 g/mol. The van der Waals surface area contributed by atoms with Crippen LogP contribution in [0.4, 0.5) is 4.39 Å². The van der Waals surface area contributed by atoms with E-state index in [0.29, 0.717) is 12.1 Å². The van der Waals surface area contributed by atoms with Crippen molar-refractivity contribution in [1.82, 2.24) is 10.0 Å². The van der Waals surface area contributed by atoms with Crippen LogP contribution in [0.5, 0.6) is 0 Å². The van der Waals surface area contributed by atoms with E-state index in [9.17, 15) is 12.8 Å². The Balaban J connectivity index is 3.05. The Hall–Kier alpha value is -1.02. The SMILES string of the molecule is CNCc1ccc(F)cc1S(=O)(=O)NCC(C)(C)OC. The van der Waals surface area contributed by atoms with Gasteiger partial charge in [0.05, 0.1) is 10.5 Å². The van der Waals surface area contributed by atoms with E-state index in [1.165, 1.54) is 19.2 Å². The van der Waals surface area contributed by atoms with Gasteiger partial charge in [0.1, 0.15) is 5.82 Å². The Morgan fingerprint density at radius 2 is 2.00 bits per heavy atom. The average Bonchev–Trinajstić information content (AvgIpc) is 2.39. The van der Waals surface area contributed by atoms with Crippen LogP contribution in [0.3, 0.4) is 0 Å². The lowest BCUT2D eigenvalue weighted by atomic mass is 10.1. The third kappa shape index (κ3) is 4.52. The number of hydrogen-bond acceptors (Lipinski definition) is 4. The summed E-state index contributed by atoms with van der Waals surface area (Å²) in [7, 11) is -0.590. The predicted octanol–water partition coefficient (Wildman–Crippen LogP) is 1.25. The molecule has 0 aliphatic carbocycles. The van der Waals surface area contributed by atoms with E-state index in [1.807, 2.05) is 0 Å². The minimum absolute atomic E-state index is 0.0567. The van der Waals surface area contributed by atoms with Crippen LogP contribution < -0.4 is 10.0 Å². The van der Waals surface area contributed by atoms with Gasteiger partial charge in [-0.25, -0.2) is 17.5 Å². The molecule has 5 nitrogen and oxygen atoms in total. The average molecular weight is 304 g/mol. The molecule has 1 aromatic rings. The number of ether oxygens (including phenoxy) is 1. The zero-order valence-corrected chi connectivity index (χ0v) is 13.0. The number of hydrogen-bond donors (Lipinski definition) is 2. The quantitative estimate of drug-likeness (QED) is 0.795. The van der Waals surface area contributed by atoms with Gasteiger partial charge in [0.25, 0.3) is 0 Å². The van der Waals surface area contributed by atoms with Gasteiger partial charge in [-0.05, 0) is 38.6 Å². The molecule has 0 radical (unpaired) electrons. The smallest absolute Gasteiger partial charge is 0.241 e. The third-order valence-electron chi connectivity index (χ3n) is 2.93. The molecule has 0 aromatic heterocycles. The summed E-state index contributed by atoms with van der Waals surface area (Å²) >= 11 is 0. The van der Waals surface area contributed by atoms with Crippen molar-refractivity contribution in [3.8, 4) is 0 Å². The van der Waals surface area contributed by atoms with E-state index >= 15 is 0 Å². The lowest BCUT2D eigenvalue weighted by Crippen LogP contribution is -2.40. The summed E-state index contributed by atoms with van der Waals surface area (Å²) in [5, 5.41) is 2.86. The van der Waals surface area contributed by atoms with Crippen LogP contribution in [-0.4, -0.2) is 34.7 Å². The summed E-state index contributed by atoms with van der Waals surface area (Å²) in [6.45, 7) is 3.96. The molecule has 0 unspecified atom stereocenters. The van der Waals surface area contributed by atoms with E-state index in [4.69, 9.17) is 4.74 Å². The Bertz CT molecular complexity index is 559. The van der Waals surface area contributed by atoms with E-state index in [1.54, 1.807) is 20.9 Å². The van der Waals surface area contributed by atoms with Gasteiger partial charge < -0.3 is 10.1 Å². The third-order valence-corrected chi connectivity index (χ3v) is 4.41. The van der Waals surface area contributed by atoms with Gasteiger partial charge in [-0.2, -0.15) is 0 Å². The normalized spacial score (nSPS) is 12.7. The van der Waals surface area contributed by atoms with Gasteiger partial charge in [-0.3, -0.25) is 0 Å². The monoisotopic (exact) mass is 304 g/mol. The summed E-state index contributed by atoms with van der Waals surface area (Å²) in [6, 6.07) is 3.72. The maximum absolute atomic E-state index is 13.3. The van der Waals surface area contributed by atoms with Gasteiger partial charge in [-0.15, -0.1) is 0 Å².